The fourth-order valence-electron chi connectivity index (χ4n) is 2.79. The Hall–Kier alpha value is -1.46. The molecule has 2 heterocycles. The first-order chi connectivity index (χ1) is 9.93. The van der Waals surface area contributed by atoms with E-state index in [4.69, 9.17) is 21.1 Å². The number of amides is 1. The zero-order chi connectivity index (χ0) is 15.0. The molecular formula is C15H19ClN2O3. The molecule has 2 aliphatic rings. The normalized spacial score (nSPS) is 23.8. The number of ether oxygens (including phenoxy) is 2. The Labute approximate surface area is 128 Å². The predicted octanol–water partition coefficient (Wildman–Crippen LogP) is 3.04. The van der Waals surface area contributed by atoms with E-state index in [2.05, 4.69) is 24.5 Å². The average molecular weight is 311 g/mol. The molecule has 2 N–H and O–H groups in total. The largest absolute Gasteiger partial charge is 0.482 e. The molecule has 0 bridgehead atoms. The molecule has 114 valence electrons. The van der Waals surface area contributed by atoms with Crippen LogP contribution < -0.4 is 15.4 Å². The maximum atomic E-state index is 11.3. The number of carbonyl (C=O) groups is 1. The van der Waals surface area contributed by atoms with Crippen LogP contribution in [0.5, 0.6) is 5.75 Å². The van der Waals surface area contributed by atoms with E-state index in [0.29, 0.717) is 22.5 Å². The molecule has 6 heteroatoms. The van der Waals surface area contributed by atoms with Crippen molar-refractivity contribution in [2.75, 3.05) is 23.8 Å². The zero-order valence-corrected chi connectivity index (χ0v) is 12.9. The lowest BCUT2D eigenvalue weighted by molar-refractivity contribution is -0.118. The van der Waals surface area contributed by atoms with Crippen LogP contribution in [-0.4, -0.2) is 30.8 Å². The van der Waals surface area contributed by atoms with Crippen LogP contribution in [0.3, 0.4) is 0 Å². The van der Waals surface area contributed by atoms with Crippen molar-refractivity contribution < 1.29 is 14.3 Å². The van der Waals surface area contributed by atoms with Gasteiger partial charge in [0.2, 0.25) is 0 Å². The molecule has 0 saturated carbocycles. The van der Waals surface area contributed by atoms with Crippen LogP contribution in [-0.2, 0) is 9.53 Å². The van der Waals surface area contributed by atoms with Crippen LogP contribution in [0.4, 0.5) is 11.4 Å². The predicted molar refractivity (Wildman–Crippen MR) is 82.3 cm³/mol. The van der Waals surface area contributed by atoms with E-state index in [1.54, 1.807) is 6.07 Å². The minimum atomic E-state index is -0.162. The summed E-state index contributed by atoms with van der Waals surface area (Å²) in [5, 5.41) is 6.78. The minimum Gasteiger partial charge on any atom is -0.482 e. The maximum Gasteiger partial charge on any atom is 0.262 e. The second-order valence-corrected chi connectivity index (χ2v) is 6.51. The number of hydrogen-bond acceptors (Lipinski definition) is 4. The Morgan fingerprint density at radius 1 is 1.43 bits per heavy atom. The summed E-state index contributed by atoms with van der Waals surface area (Å²) in [4.78, 5) is 11.3. The van der Waals surface area contributed by atoms with Crippen molar-refractivity contribution in [3.8, 4) is 5.75 Å². The lowest BCUT2D eigenvalue weighted by Gasteiger charge is -2.36. The van der Waals surface area contributed by atoms with Crippen molar-refractivity contribution in [3.63, 3.8) is 0 Å². The zero-order valence-electron chi connectivity index (χ0n) is 12.2. The van der Waals surface area contributed by atoms with E-state index in [1.807, 2.05) is 6.07 Å². The molecule has 3 rings (SSSR count). The topological polar surface area (TPSA) is 59.6 Å². The SMILES string of the molecule is CC1(C)CC(Nc2cc3c(cc2Cl)NC(=O)CO3)CCO1. The monoisotopic (exact) mass is 310 g/mol. The van der Waals surface area contributed by atoms with Crippen molar-refractivity contribution in [2.45, 2.75) is 38.3 Å². The molecule has 1 unspecified atom stereocenters. The molecule has 5 nitrogen and oxygen atoms in total. The number of halogens is 1. The number of carbonyl (C=O) groups excluding carboxylic acids is 1. The van der Waals surface area contributed by atoms with Gasteiger partial charge in [-0.05, 0) is 32.8 Å². The fourth-order valence-corrected chi connectivity index (χ4v) is 3.00. The van der Waals surface area contributed by atoms with Gasteiger partial charge in [-0.3, -0.25) is 4.79 Å². The smallest absolute Gasteiger partial charge is 0.262 e. The van der Waals surface area contributed by atoms with Crippen molar-refractivity contribution in [1.29, 1.82) is 0 Å². The first-order valence-electron chi connectivity index (χ1n) is 7.10. The van der Waals surface area contributed by atoms with Gasteiger partial charge in [0.15, 0.2) is 6.61 Å². The fraction of sp³-hybridized carbons (Fsp3) is 0.533. The highest BCUT2D eigenvalue weighted by Crippen LogP contribution is 2.37. The lowest BCUT2D eigenvalue weighted by atomic mass is 9.94. The molecule has 1 fully saturated rings. The molecule has 1 aromatic rings. The number of rotatable bonds is 2. The molecule has 0 aliphatic carbocycles. The third-order valence-electron chi connectivity index (χ3n) is 3.76. The van der Waals surface area contributed by atoms with Crippen LogP contribution >= 0.6 is 11.6 Å². The Morgan fingerprint density at radius 3 is 3.00 bits per heavy atom. The van der Waals surface area contributed by atoms with E-state index in [1.165, 1.54) is 0 Å². The Kier molecular flexibility index (Phi) is 3.71. The Balaban J connectivity index is 1.78. The second-order valence-electron chi connectivity index (χ2n) is 6.11. The van der Waals surface area contributed by atoms with Crippen LogP contribution in [0.15, 0.2) is 12.1 Å². The number of fused-ring (bicyclic) bond motifs is 1. The summed E-state index contributed by atoms with van der Waals surface area (Å²) in [5.41, 5.74) is 1.32. The first kappa shape index (κ1) is 14.5. The maximum absolute atomic E-state index is 11.3. The van der Waals surface area contributed by atoms with Gasteiger partial charge in [0.1, 0.15) is 5.75 Å². The lowest BCUT2D eigenvalue weighted by Crippen LogP contribution is -2.40. The average Bonchev–Trinajstić information content (AvgIpc) is 2.39. The highest BCUT2D eigenvalue weighted by atomic mass is 35.5. The standard InChI is InChI=1S/C15H19ClN2O3/c1-15(2)7-9(3-4-21-15)17-11-6-13-12(5-10(11)16)18-14(19)8-20-13/h5-6,9,17H,3-4,7-8H2,1-2H3,(H,18,19). The number of benzene rings is 1. The van der Waals surface area contributed by atoms with E-state index in [0.717, 1.165) is 25.1 Å². The summed E-state index contributed by atoms with van der Waals surface area (Å²) in [6.07, 6.45) is 1.85. The highest BCUT2D eigenvalue weighted by molar-refractivity contribution is 6.33. The third kappa shape index (κ3) is 3.24. The molecular weight excluding hydrogens is 292 g/mol. The molecule has 0 aromatic heterocycles. The highest BCUT2D eigenvalue weighted by Gasteiger charge is 2.29. The summed E-state index contributed by atoms with van der Waals surface area (Å²) in [6, 6.07) is 3.88. The van der Waals surface area contributed by atoms with E-state index >= 15 is 0 Å². The Bertz CT molecular complexity index is 574. The summed E-state index contributed by atoms with van der Waals surface area (Å²) in [7, 11) is 0. The van der Waals surface area contributed by atoms with Crippen LogP contribution in [0.25, 0.3) is 0 Å². The molecule has 0 radical (unpaired) electrons. The van der Waals surface area contributed by atoms with Gasteiger partial charge in [-0.15, -0.1) is 0 Å². The van der Waals surface area contributed by atoms with Gasteiger partial charge in [-0.2, -0.15) is 0 Å². The molecule has 2 aliphatic heterocycles. The number of hydrogen-bond donors (Lipinski definition) is 2. The van der Waals surface area contributed by atoms with Crippen molar-refractivity contribution in [1.82, 2.24) is 0 Å². The molecule has 1 saturated heterocycles. The first-order valence-corrected chi connectivity index (χ1v) is 7.47. The van der Waals surface area contributed by atoms with Crippen LogP contribution in [0.2, 0.25) is 5.02 Å². The number of nitrogens with one attached hydrogen (secondary N) is 2. The second kappa shape index (κ2) is 5.39. The van der Waals surface area contributed by atoms with E-state index < -0.39 is 0 Å². The summed E-state index contributed by atoms with van der Waals surface area (Å²) >= 11 is 6.30. The Morgan fingerprint density at radius 2 is 2.24 bits per heavy atom. The van der Waals surface area contributed by atoms with Gasteiger partial charge in [-0.25, -0.2) is 0 Å². The van der Waals surface area contributed by atoms with Gasteiger partial charge in [0.05, 0.1) is 22.0 Å². The van der Waals surface area contributed by atoms with E-state index in [-0.39, 0.29) is 18.1 Å². The van der Waals surface area contributed by atoms with Gasteiger partial charge in [0.25, 0.3) is 5.91 Å². The summed E-state index contributed by atoms with van der Waals surface area (Å²) < 4.78 is 11.1. The molecule has 1 atom stereocenters. The van der Waals surface area contributed by atoms with Gasteiger partial charge in [0, 0.05) is 18.7 Å². The van der Waals surface area contributed by atoms with Gasteiger partial charge >= 0.3 is 0 Å². The summed E-state index contributed by atoms with van der Waals surface area (Å²) in [6.45, 7) is 4.96. The van der Waals surface area contributed by atoms with Crippen molar-refractivity contribution in [3.05, 3.63) is 17.2 Å². The van der Waals surface area contributed by atoms with Crippen molar-refractivity contribution >= 4 is 28.9 Å². The van der Waals surface area contributed by atoms with E-state index in [9.17, 15) is 4.79 Å². The molecule has 0 spiro atoms. The van der Waals surface area contributed by atoms with Gasteiger partial charge < -0.3 is 20.1 Å². The minimum absolute atomic E-state index is 0.0401. The summed E-state index contributed by atoms with van der Waals surface area (Å²) in [5.74, 6) is 0.485. The van der Waals surface area contributed by atoms with Crippen molar-refractivity contribution in [2.24, 2.45) is 0 Å². The van der Waals surface area contributed by atoms with Gasteiger partial charge in [-0.1, -0.05) is 11.6 Å². The van der Waals surface area contributed by atoms with Crippen LogP contribution in [0, 0.1) is 0 Å². The molecule has 1 amide bonds. The quantitative estimate of drug-likeness (QED) is 0.881. The van der Waals surface area contributed by atoms with Crippen LogP contribution in [0.1, 0.15) is 26.7 Å². The number of anilines is 2. The third-order valence-corrected chi connectivity index (χ3v) is 4.07. The molecule has 1 aromatic carbocycles. The molecule has 21 heavy (non-hydrogen) atoms.